The molecule has 9 nitrogen and oxygen atoms in total. The highest BCUT2D eigenvalue weighted by Gasteiger charge is 2.34. The lowest BCUT2D eigenvalue weighted by Gasteiger charge is -2.32. The maximum absolute atomic E-state index is 12.5. The second kappa shape index (κ2) is 11.0. The number of nitrogens with zero attached hydrogens (tertiary/aromatic N) is 1. The Morgan fingerprint density at radius 3 is 2.65 bits per heavy atom. The molecule has 1 fully saturated rings. The van der Waals surface area contributed by atoms with Crippen LogP contribution in [-0.2, 0) is 14.3 Å². The van der Waals surface area contributed by atoms with Crippen LogP contribution in [0.25, 0.3) is 0 Å². The standard InChI is InChI=1S/C25H31N5O4/c1-25(2,3)34-24(32)20-10-9-16(15-33-20)17(13-26)14-29-19-11-12-28-23(31)21(19)22(27)30-18-7-5-4-6-8-18/h4-8,11-12,16-17,20H,9-10,14-15H2,1-3H3,(H2,27,30)(H2,28,29,31)/t16-,17?,20?/m0/s1. The number of benzene rings is 1. The monoisotopic (exact) mass is 465 g/mol. The molecular weight excluding hydrogens is 434 g/mol. The largest absolute Gasteiger partial charge is 0.458 e. The van der Waals surface area contributed by atoms with Gasteiger partial charge < -0.3 is 25.1 Å². The number of aromatic amines is 1. The van der Waals surface area contributed by atoms with Gasteiger partial charge in [-0.25, -0.2) is 4.79 Å². The lowest BCUT2D eigenvalue weighted by atomic mass is 9.87. The number of anilines is 2. The zero-order chi connectivity index (χ0) is 24.7. The van der Waals surface area contributed by atoms with Crippen LogP contribution in [0.1, 0.15) is 39.2 Å². The molecule has 0 amide bonds. The van der Waals surface area contributed by atoms with Gasteiger partial charge in [-0.3, -0.25) is 10.2 Å². The second-order valence-corrected chi connectivity index (χ2v) is 9.27. The van der Waals surface area contributed by atoms with Gasteiger partial charge in [0.15, 0.2) is 6.10 Å². The van der Waals surface area contributed by atoms with Crippen molar-refractivity contribution in [1.82, 2.24) is 4.98 Å². The number of pyridine rings is 1. The maximum Gasteiger partial charge on any atom is 0.335 e. The minimum atomic E-state index is -0.619. The Labute approximate surface area is 199 Å². The summed E-state index contributed by atoms with van der Waals surface area (Å²) in [6.45, 7) is 5.98. The van der Waals surface area contributed by atoms with Crippen molar-refractivity contribution in [3.63, 3.8) is 0 Å². The fourth-order valence-corrected chi connectivity index (χ4v) is 3.78. The van der Waals surface area contributed by atoms with Gasteiger partial charge in [0.05, 0.1) is 24.3 Å². The summed E-state index contributed by atoms with van der Waals surface area (Å²) in [4.78, 5) is 27.3. The van der Waals surface area contributed by atoms with Crippen LogP contribution >= 0.6 is 0 Å². The molecule has 0 spiro atoms. The smallest absolute Gasteiger partial charge is 0.335 e. The van der Waals surface area contributed by atoms with Gasteiger partial charge >= 0.3 is 5.97 Å². The van der Waals surface area contributed by atoms with Crippen molar-refractivity contribution in [2.75, 3.05) is 23.8 Å². The number of nitriles is 1. The molecule has 180 valence electrons. The van der Waals surface area contributed by atoms with Crippen LogP contribution in [0.4, 0.5) is 11.4 Å². The van der Waals surface area contributed by atoms with Crippen LogP contribution in [0.2, 0.25) is 0 Å². The molecular formula is C25H31N5O4. The van der Waals surface area contributed by atoms with E-state index in [-0.39, 0.29) is 36.4 Å². The normalized spacial score (nSPS) is 18.9. The van der Waals surface area contributed by atoms with Crippen molar-refractivity contribution in [3.05, 3.63) is 58.5 Å². The Kier molecular flexibility index (Phi) is 8.08. The number of hydrogen-bond donors (Lipinski definition) is 4. The van der Waals surface area contributed by atoms with Crippen molar-refractivity contribution in [1.29, 1.82) is 10.7 Å². The summed E-state index contributed by atoms with van der Waals surface area (Å²) < 4.78 is 11.1. The predicted molar refractivity (Wildman–Crippen MR) is 130 cm³/mol. The van der Waals surface area contributed by atoms with Crippen LogP contribution < -0.4 is 16.2 Å². The summed E-state index contributed by atoms with van der Waals surface area (Å²) in [5.74, 6) is -0.896. The van der Waals surface area contributed by atoms with Gasteiger partial charge in [0, 0.05) is 18.4 Å². The van der Waals surface area contributed by atoms with E-state index in [0.717, 1.165) is 0 Å². The van der Waals surface area contributed by atoms with Crippen molar-refractivity contribution in [2.24, 2.45) is 11.8 Å². The molecule has 3 atom stereocenters. The minimum absolute atomic E-state index is 0.0507. The highest BCUT2D eigenvalue weighted by atomic mass is 16.6. The van der Waals surface area contributed by atoms with Gasteiger partial charge in [0.2, 0.25) is 0 Å². The number of para-hydroxylation sites is 1. The van der Waals surface area contributed by atoms with E-state index >= 15 is 0 Å². The number of ether oxygens (including phenoxy) is 2. The number of rotatable bonds is 7. The molecule has 4 N–H and O–H groups in total. The number of H-pyrrole nitrogens is 1. The van der Waals surface area contributed by atoms with Gasteiger partial charge in [-0.15, -0.1) is 0 Å². The second-order valence-electron chi connectivity index (χ2n) is 9.27. The van der Waals surface area contributed by atoms with Crippen LogP contribution in [0, 0.1) is 28.6 Å². The first-order chi connectivity index (χ1) is 16.2. The Hall–Kier alpha value is -3.64. The Bertz CT molecular complexity index is 1090. The van der Waals surface area contributed by atoms with Gasteiger partial charge in [-0.1, -0.05) is 18.2 Å². The molecule has 1 aliphatic heterocycles. The van der Waals surface area contributed by atoms with Crippen LogP contribution in [0.3, 0.4) is 0 Å². The number of nitrogens with one attached hydrogen (secondary N) is 4. The highest BCUT2D eigenvalue weighted by Crippen LogP contribution is 2.27. The van der Waals surface area contributed by atoms with Gasteiger partial charge in [-0.05, 0) is 57.7 Å². The van der Waals surface area contributed by atoms with Crippen molar-refractivity contribution < 1.29 is 14.3 Å². The van der Waals surface area contributed by atoms with Crippen molar-refractivity contribution >= 4 is 23.2 Å². The molecule has 1 aromatic heterocycles. The Morgan fingerprint density at radius 1 is 1.29 bits per heavy atom. The lowest BCUT2D eigenvalue weighted by Crippen LogP contribution is -2.39. The number of carbonyl (C=O) groups is 1. The lowest BCUT2D eigenvalue weighted by molar-refractivity contribution is -0.173. The van der Waals surface area contributed by atoms with Crippen LogP contribution in [0.15, 0.2) is 47.4 Å². The van der Waals surface area contributed by atoms with E-state index in [9.17, 15) is 14.9 Å². The summed E-state index contributed by atoms with van der Waals surface area (Å²) in [6, 6.07) is 13.1. The molecule has 2 aromatic rings. The topological polar surface area (TPSA) is 140 Å². The van der Waals surface area contributed by atoms with Crippen LogP contribution in [0.5, 0.6) is 0 Å². The molecule has 3 rings (SSSR count). The number of hydrogen-bond acceptors (Lipinski definition) is 7. The third kappa shape index (κ3) is 6.68. The van der Waals surface area contributed by atoms with Crippen LogP contribution in [-0.4, -0.2) is 41.6 Å². The van der Waals surface area contributed by atoms with Crippen molar-refractivity contribution in [2.45, 2.75) is 45.3 Å². The van der Waals surface area contributed by atoms with E-state index in [1.165, 1.54) is 6.20 Å². The zero-order valence-corrected chi connectivity index (χ0v) is 19.7. The molecule has 0 bridgehead atoms. The zero-order valence-electron chi connectivity index (χ0n) is 19.7. The summed E-state index contributed by atoms with van der Waals surface area (Å²) in [5, 5.41) is 24.2. The molecule has 0 saturated carbocycles. The fourth-order valence-electron chi connectivity index (χ4n) is 3.78. The van der Waals surface area contributed by atoms with E-state index in [0.29, 0.717) is 24.2 Å². The van der Waals surface area contributed by atoms with E-state index in [1.807, 2.05) is 39.0 Å². The highest BCUT2D eigenvalue weighted by molar-refractivity contribution is 6.09. The first-order valence-corrected chi connectivity index (χ1v) is 11.3. The molecule has 34 heavy (non-hydrogen) atoms. The maximum atomic E-state index is 12.5. The number of esters is 1. The number of aromatic nitrogens is 1. The predicted octanol–water partition coefficient (Wildman–Crippen LogP) is 3.50. The Morgan fingerprint density at radius 2 is 2.03 bits per heavy atom. The van der Waals surface area contributed by atoms with Crippen molar-refractivity contribution in [3.8, 4) is 6.07 Å². The molecule has 1 aromatic carbocycles. The Balaban J connectivity index is 1.62. The first-order valence-electron chi connectivity index (χ1n) is 11.3. The first kappa shape index (κ1) is 25.0. The fraction of sp³-hybridized carbons (Fsp3) is 0.440. The van der Waals surface area contributed by atoms with E-state index in [4.69, 9.17) is 14.9 Å². The van der Waals surface area contributed by atoms with E-state index < -0.39 is 23.2 Å². The third-order valence-corrected chi connectivity index (χ3v) is 5.48. The summed E-state index contributed by atoms with van der Waals surface area (Å²) >= 11 is 0. The molecule has 2 unspecified atom stereocenters. The summed E-state index contributed by atoms with van der Waals surface area (Å²) in [7, 11) is 0. The van der Waals surface area contributed by atoms with E-state index in [1.54, 1.807) is 18.2 Å². The van der Waals surface area contributed by atoms with E-state index in [2.05, 4.69) is 21.7 Å². The molecule has 1 aliphatic rings. The molecule has 1 saturated heterocycles. The average Bonchev–Trinajstić information content (AvgIpc) is 2.79. The molecule has 0 aliphatic carbocycles. The SMILES string of the molecule is CC(C)(C)OC(=O)C1CC[C@H](C(C#N)CNc2cc[nH]c(=O)c2C(=N)Nc2ccccc2)CO1. The minimum Gasteiger partial charge on any atom is -0.458 e. The van der Waals surface area contributed by atoms with Gasteiger partial charge in [-0.2, -0.15) is 5.26 Å². The van der Waals surface area contributed by atoms with Gasteiger partial charge in [0.25, 0.3) is 5.56 Å². The molecule has 9 heteroatoms. The molecule has 0 radical (unpaired) electrons. The summed E-state index contributed by atoms with van der Waals surface area (Å²) in [6.07, 6.45) is 2.02. The molecule has 2 heterocycles. The quantitative estimate of drug-likeness (QED) is 0.279. The summed E-state index contributed by atoms with van der Waals surface area (Å²) in [5.41, 5.74) is 0.322. The number of carbonyl (C=O) groups excluding carboxylic acids is 1. The van der Waals surface area contributed by atoms with Gasteiger partial charge in [0.1, 0.15) is 17.0 Å². The third-order valence-electron chi connectivity index (χ3n) is 5.48. The average molecular weight is 466 g/mol. The number of amidine groups is 1.